The summed E-state index contributed by atoms with van der Waals surface area (Å²) in [6, 6.07) is 13.3. The molecule has 2 aromatic carbocycles. The maximum atomic E-state index is 12.8. The topological polar surface area (TPSA) is 56.8 Å². The zero-order valence-electron chi connectivity index (χ0n) is 17.5. The first-order valence-corrected chi connectivity index (χ1v) is 9.92. The predicted octanol–water partition coefficient (Wildman–Crippen LogP) is 4.83. The smallest absolute Gasteiger partial charge is 0.261 e. The van der Waals surface area contributed by atoms with Crippen LogP contribution in [-0.2, 0) is 4.79 Å². The maximum absolute atomic E-state index is 12.8. The van der Waals surface area contributed by atoms with Crippen molar-refractivity contribution >= 4 is 5.91 Å². The number of rotatable bonds is 10. The number of nitrogens with one attached hydrogen (secondary N) is 1. The molecule has 0 spiro atoms. The van der Waals surface area contributed by atoms with Crippen LogP contribution in [0.4, 0.5) is 0 Å². The van der Waals surface area contributed by atoms with Crippen LogP contribution < -0.4 is 19.5 Å². The molecule has 2 atom stereocenters. The van der Waals surface area contributed by atoms with Gasteiger partial charge in [0.1, 0.15) is 5.75 Å². The molecule has 0 aliphatic carbocycles. The first-order chi connectivity index (χ1) is 13.5. The van der Waals surface area contributed by atoms with Crippen molar-refractivity contribution in [3.63, 3.8) is 0 Å². The summed E-state index contributed by atoms with van der Waals surface area (Å²) < 4.78 is 17.2. The van der Waals surface area contributed by atoms with Crippen molar-refractivity contribution in [3.05, 3.63) is 53.6 Å². The second-order valence-corrected chi connectivity index (χ2v) is 6.58. The van der Waals surface area contributed by atoms with Crippen LogP contribution in [0.3, 0.4) is 0 Å². The summed E-state index contributed by atoms with van der Waals surface area (Å²) in [7, 11) is 0. The van der Waals surface area contributed by atoms with Gasteiger partial charge in [0.25, 0.3) is 5.91 Å². The van der Waals surface area contributed by atoms with Crippen molar-refractivity contribution < 1.29 is 19.0 Å². The van der Waals surface area contributed by atoms with Crippen molar-refractivity contribution in [2.75, 3.05) is 13.2 Å². The summed E-state index contributed by atoms with van der Waals surface area (Å²) in [4.78, 5) is 12.8. The number of aryl methyl sites for hydroxylation is 1. The highest BCUT2D eigenvalue weighted by atomic mass is 16.5. The summed E-state index contributed by atoms with van der Waals surface area (Å²) >= 11 is 0. The minimum Gasteiger partial charge on any atom is -0.490 e. The number of hydrogen-bond acceptors (Lipinski definition) is 4. The summed E-state index contributed by atoms with van der Waals surface area (Å²) in [6.07, 6.45) is 0.0398. The highest BCUT2D eigenvalue weighted by molar-refractivity contribution is 5.81. The van der Waals surface area contributed by atoms with Gasteiger partial charge < -0.3 is 19.5 Å². The number of carbonyl (C=O) groups excluding carboxylic acids is 1. The van der Waals surface area contributed by atoms with E-state index in [9.17, 15) is 4.79 Å². The minimum atomic E-state index is -0.544. The lowest BCUT2D eigenvalue weighted by Gasteiger charge is -2.22. The van der Waals surface area contributed by atoms with Gasteiger partial charge in [0, 0.05) is 0 Å². The molecule has 5 nitrogen and oxygen atoms in total. The van der Waals surface area contributed by atoms with E-state index < -0.39 is 6.10 Å². The molecule has 2 aromatic rings. The van der Waals surface area contributed by atoms with Gasteiger partial charge in [-0.3, -0.25) is 4.79 Å². The second kappa shape index (κ2) is 10.6. The van der Waals surface area contributed by atoms with Gasteiger partial charge in [-0.1, -0.05) is 31.2 Å². The third kappa shape index (κ3) is 5.65. The number of para-hydroxylation sites is 1. The third-order valence-electron chi connectivity index (χ3n) is 4.45. The van der Waals surface area contributed by atoms with Gasteiger partial charge in [-0.15, -0.1) is 0 Å². The first kappa shape index (κ1) is 21.6. The molecule has 152 valence electrons. The Morgan fingerprint density at radius 2 is 1.64 bits per heavy atom. The van der Waals surface area contributed by atoms with Gasteiger partial charge in [-0.2, -0.15) is 0 Å². The van der Waals surface area contributed by atoms with Crippen LogP contribution in [0, 0.1) is 6.92 Å². The Bertz CT molecular complexity index is 775. The van der Waals surface area contributed by atoms with Crippen LogP contribution in [0.2, 0.25) is 0 Å². The highest BCUT2D eigenvalue weighted by Crippen LogP contribution is 2.31. The fourth-order valence-electron chi connectivity index (χ4n) is 2.89. The largest absolute Gasteiger partial charge is 0.490 e. The van der Waals surface area contributed by atoms with Crippen molar-refractivity contribution in [2.45, 2.75) is 53.2 Å². The minimum absolute atomic E-state index is 0.134. The summed E-state index contributed by atoms with van der Waals surface area (Å²) in [5, 5.41) is 3.05. The fourth-order valence-corrected chi connectivity index (χ4v) is 2.89. The molecule has 0 aliphatic heterocycles. The Balaban J connectivity index is 2.09. The Morgan fingerprint density at radius 3 is 2.29 bits per heavy atom. The van der Waals surface area contributed by atoms with E-state index in [4.69, 9.17) is 14.2 Å². The molecule has 1 N–H and O–H groups in total. The molecule has 0 radical (unpaired) electrons. The highest BCUT2D eigenvalue weighted by Gasteiger charge is 2.22. The molecule has 0 saturated heterocycles. The molecule has 0 saturated carbocycles. The van der Waals surface area contributed by atoms with Crippen LogP contribution in [0.25, 0.3) is 0 Å². The molecule has 2 rings (SSSR count). The monoisotopic (exact) mass is 385 g/mol. The maximum Gasteiger partial charge on any atom is 0.261 e. The molecule has 0 bridgehead atoms. The van der Waals surface area contributed by atoms with E-state index in [2.05, 4.69) is 5.32 Å². The molecule has 28 heavy (non-hydrogen) atoms. The predicted molar refractivity (Wildman–Crippen MR) is 111 cm³/mol. The van der Waals surface area contributed by atoms with Crippen molar-refractivity contribution in [1.29, 1.82) is 0 Å². The van der Waals surface area contributed by atoms with Gasteiger partial charge >= 0.3 is 0 Å². The van der Waals surface area contributed by atoms with E-state index in [1.165, 1.54) is 0 Å². The SMILES string of the molecule is CCOc1ccc(C(C)NC(=O)C(CC)Oc2ccccc2C)cc1OCC. The second-order valence-electron chi connectivity index (χ2n) is 6.58. The molecule has 5 heteroatoms. The summed E-state index contributed by atoms with van der Waals surface area (Å²) in [6.45, 7) is 10.8. The number of benzene rings is 2. The van der Waals surface area contributed by atoms with E-state index in [1.54, 1.807) is 0 Å². The van der Waals surface area contributed by atoms with E-state index in [-0.39, 0.29) is 11.9 Å². The third-order valence-corrected chi connectivity index (χ3v) is 4.45. The van der Waals surface area contributed by atoms with Crippen molar-refractivity contribution in [1.82, 2.24) is 5.32 Å². The Morgan fingerprint density at radius 1 is 0.964 bits per heavy atom. The lowest BCUT2D eigenvalue weighted by Crippen LogP contribution is -2.39. The average molecular weight is 386 g/mol. The van der Waals surface area contributed by atoms with Crippen molar-refractivity contribution in [3.8, 4) is 17.2 Å². The van der Waals surface area contributed by atoms with Crippen LogP contribution in [-0.4, -0.2) is 25.2 Å². The van der Waals surface area contributed by atoms with Crippen LogP contribution in [0.15, 0.2) is 42.5 Å². The molecular formula is C23H31NO4. The number of hydrogen-bond donors (Lipinski definition) is 1. The standard InChI is InChI=1S/C23H31NO4/c1-6-19(28-20-12-10-9-11-16(20)4)23(25)24-17(5)18-13-14-21(26-7-2)22(15-18)27-8-3/h9-15,17,19H,6-8H2,1-5H3,(H,24,25). The summed E-state index contributed by atoms with van der Waals surface area (Å²) in [5.41, 5.74) is 1.96. The number of ether oxygens (including phenoxy) is 3. The van der Waals surface area contributed by atoms with Crippen molar-refractivity contribution in [2.24, 2.45) is 0 Å². The molecule has 0 fully saturated rings. The normalized spacial score (nSPS) is 12.8. The van der Waals surface area contributed by atoms with Gasteiger partial charge in [0.05, 0.1) is 19.3 Å². The summed E-state index contributed by atoms with van der Waals surface area (Å²) in [5.74, 6) is 1.99. The Hall–Kier alpha value is -2.69. The van der Waals surface area contributed by atoms with Gasteiger partial charge in [0.2, 0.25) is 0 Å². The molecule has 0 heterocycles. The van der Waals surface area contributed by atoms with Crippen LogP contribution in [0.1, 0.15) is 51.3 Å². The van der Waals surface area contributed by atoms with Gasteiger partial charge in [0.15, 0.2) is 17.6 Å². The lowest BCUT2D eigenvalue weighted by atomic mass is 10.1. The fraction of sp³-hybridized carbons (Fsp3) is 0.435. The van der Waals surface area contributed by atoms with Crippen LogP contribution >= 0.6 is 0 Å². The quantitative estimate of drug-likeness (QED) is 0.637. The lowest BCUT2D eigenvalue weighted by molar-refractivity contribution is -0.128. The van der Waals surface area contributed by atoms with E-state index >= 15 is 0 Å². The zero-order chi connectivity index (χ0) is 20.5. The molecule has 0 aliphatic rings. The van der Waals surface area contributed by atoms with E-state index in [1.807, 2.05) is 77.1 Å². The molecule has 1 amide bonds. The van der Waals surface area contributed by atoms with Crippen LogP contribution in [0.5, 0.6) is 17.2 Å². The average Bonchev–Trinajstić information content (AvgIpc) is 2.68. The van der Waals surface area contributed by atoms with Gasteiger partial charge in [-0.25, -0.2) is 0 Å². The zero-order valence-corrected chi connectivity index (χ0v) is 17.5. The van der Waals surface area contributed by atoms with E-state index in [0.29, 0.717) is 31.1 Å². The molecule has 0 aromatic heterocycles. The first-order valence-electron chi connectivity index (χ1n) is 9.92. The van der Waals surface area contributed by atoms with E-state index in [0.717, 1.165) is 16.9 Å². The Labute approximate surface area is 168 Å². The number of carbonyl (C=O) groups is 1. The van der Waals surface area contributed by atoms with Gasteiger partial charge in [-0.05, 0) is 63.4 Å². The number of amides is 1. The molecule has 2 unspecified atom stereocenters. The molecular weight excluding hydrogens is 354 g/mol. The Kier molecular flexibility index (Phi) is 8.18.